The number of anilines is 1. The number of nitrogens with zero attached hydrogens (tertiary/aromatic N) is 2. The Morgan fingerprint density at radius 1 is 1.42 bits per heavy atom. The molecule has 2 N–H and O–H groups in total. The van der Waals surface area contributed by atoms with Gasteiger partial charge in [-0.25, -0.2) is 4.79 Å². The van der Waals surface area contributed by atoms with Crippen LogP contribution in [0.4, 0.5) is 5.82 Å². The van der Waals surface area contributed by atoms with Gasteiger partial charge in [0.15, 0.2) is 6.23 Å². The van der Waals surface area contributed by atoms with Crippen molar-refractivity contribution in [1.29, 1.82) is 0 Å². The lowest BCUT2D eigenvalue weighted by molar-refractivity contribution is -0.200. The van der Waals surface area contributed by atoms with Gasteiger partial charge >= 0.3 is 5.69 Å². The summed E-state index contributed by atoms with van der Waals surface area (Å²) in [4.78, 5) is 15.9. The Morgan fingerprint density at radius 2 is 2.17 bits per heavy atom. The van der Waals surface area contributed by atoms with Crippen molar-refractivity contribution in [2.45, 2.75) is 63.9 Å². The lowest BCUT2D eigenvalue weighted by atomic mass is 9.99. The lowest BCUT2D eigenvalue weighted by Crippen LogP contribution is -2.47. The van der Waals surface area contributed by atoms with Gasteiger partial charge in [-0.1, -0.05) is 0 Å². The number of hydrogen-bond donors (Lipinski definition) is 1. The Balaban J connectivity index is 1.90. The predicted octanol–water partition coefficient (Wildman–Crippen LogP) is 0.711. The fourth-order valence-corrected chi connectivity index (χ4v) is 3.14. The van der Waals surface area contributed by atoms with Gasteiger partial charge in [-0.15, -0.1) is 0 Å². The van der Waals surface area contributed by atoms with E-state index in [0.717, 1.165) is 0 Å². The Hall–Kier alpha value is -1.48. The smallest absolute Gasteiger partial charge is 0.351 e. The first-order chi connectivity index (χ1) is 11.3. The second kappa shape index (κ2) is 6.44. The number of fused-ring (bicyclic) bond motifs is 2. The van der Waals surface area contributed by atoms with Crippen LogP contribution in [0.5, 0.6) is 0 Å². The molecular formula is C16H25N3O5. The second-order valence-corrected chi connectivity index (χ2v) is 6.86. The van der Waals surface area contributed by atoms with E-state index in [1.165, 1.54) is 4.57 Å². The van der Waals surface area contributed by atoms with E-state index in [1.807, 2.05) is 27.7 Å². The van der Waals surface area contributed by atoms with Crippen molar-refractivity contribution in [3.05, 3.63) is 22.7 Å². The monoisotopic (exact) mass is 339 g/mol. The van der Waals surface area contributed by atoms with Crippen LogP contribution in [0.3, 0.4) is 0 Å². The summed E-state index contributed by atoms with van der Waals surface area (Å²) < 4.78 is 25.4. The van der Waals surface area contributed by atoms with Crippen molar-refractivity contribution >= 4 is 5.82 Å². The summed E-state index contributed by atoms with van der Waals surface area (Å²) >= 11 is 0. The molecule has 2 saturated heterocycles. The van der Waals surface area contributed by atoms with Crippen LogP contribution in [0.2, 0.25) is 0 Å². The van der Waals surface area contributed by atoms with E-state index in [0.29, 0.717) is 13.2 Å². The first-order valence-electron chi connectivity index (χ1n) is 8.23. The Labute approximate surface area is 140 Å². The third kappa shape index (κ3) is 3.06. The van der Waals surface area contributed by atoms with Gasteiger partial charge < -0.3 is 24.7 Å². The van der Waals surface area contributed by atoms with E-state index < -0.39 is 23.6 Å². The summed E-state index contributed by atoms with van der Waals surface area (Å²) in [5, 5.41) is 0. The molecule has 0 aliphatic carbocycles. The highest BCUT2D eigenvalue weighted by atomic mass is 16.7. The summed E-state index contributed by atoms with van der Waals surface area (Å²) in [7, 11) is 0. The largest absolute Gasteiger partial charge is 0.383 e. The highest BCUT2D eigenvalue weighted by Crippen LogP contribution is 2.46. The molecule has 134 valence electrons. The Bertz CT molecular complexity index is 647. The second-order valence-electron chi connectivity index (χ2n) is 6.86. The van der Waals surface area contributed by atoms with Crippen molar-refractivity contribution in [3.8, 4) is 0 Å². The number of nitrogens with two attached hydrogens (primary N) is 1. The zero-order valence-electron chi connectivity index (χ0n) is 14.5. The molecule has 0 saturated carbocycles. The van der Waals surface area contributed by atoms with Crippen molar-refractivity contribution < 1.29 is 18.9 Å². The zero-order valence-corrected chi connectivity index (χ0v) is 14.5. The topological polar surface area (TPSA) is 97.8 Å². The summed E-state index contributed by atoms with van der Waals surface area (Å²) in [5.41, 5.74) is 4.36. The van der Waals surface area contributed by atoms with E-state index >= 15 is 0 Å². The molecule has 8 nitrogen and oxygen atoms in total. The lowest BCUT2D eigenvalue weighted by Gasteiger charge is -2.32. The van der Waals surface area contributed by atoms with Gasteiger partial charge in [0.25, 0.3) is 0 Å². The first kappa shape index (κ1) is 17.3. The number of rotatable bonds is 6. The molecule has 2 fully saturated rings. The molecule has 0 amide bonds. The third-order valence-electron chi connectivity index (χ3n) is 4.18. The molecule has 3 heterocycles. The molecule has 4 atom stereocenters. The fraction of sp³-hybridized carbons (Fsp3) is 0.750. The zero-order chi connectivity index (χ0) is 17.5. The standard InChI is InChI=1S/C16H25N3O5/c1-9(2)21-7-16-8-22-12(13(16)23-10(3)4)14(24-16)19-6-5-11(17)18-15(19)20/h5-6,9-10,12-14H,7-8H2,1-4H3,(H2,17,18,20)/t12-,13?,14+,16-/m0/s1. The molecule has 2 aliphatic rings. The van der Waals surface area contributed by atoms with Crippen molar-refractivity contribution in [3.63, 3.8) is 0 Å². The van der Waals surface area contributed by atoms with Crippen LogP contribution in [0, 0.1) is 0 Å². The molecular weight excluding hydrogens is 314 g/mol. The molecule has 2 aliphatic heterocycles. The van der Waals surface area contributed by atoms with Crippen LogP contribution in [0.15, 0.2) is 17.1 Å². The highest BCUT2D eigenvalue weighted by Gasteiger charge is 2.63. The maximum atomic E-state index is 12.2. The highest BCUT2D eigenvalue weighted by molar-refractivity contribution is 5.24. The van der Waals surface area contributed by atoms with E-state index in [2.05, 4.69) is 4.98 Å². The quantitative estimate of drug-likeness (QED) is 0.815. The molecule has 3 rings (SSSR count). The molecule has 1 aromatic rings. The fourth-order valence-electron chi connectivity index (χ4n) is 3.14. The minimum absolute atomic E-state index is 0.00115. The van der Waals surface area contributed by atoms with Gasteiger partial charge in [0.2, 0.25) is 0 Å². The predicted molar refractivity (Wildman–Crippen MR) is 86.6 cm³/mol. The van der Waals surface area contributed by atoms with Gasteiger partial charge in [-0.2, -0.15) is 4.98 Å². The molecule has 0 radical (unpaired) electrons. The minimum atomic E-state index is -0.731. The normalized spacial score (nSPS) is 32.2. The van der Waals surface area contributed by atoms with Crippen LogP contribution >= 0.6 is 0 Å². The summed E-state index contributed by atoms with van der Waals surface area (Å²) in [6, 6.07) is 1.56. The third-order valence-corrected chi connectivity index (χ3v) is 4.18. The molecule has 1 unspecified atom stereocenters. The van der Waals surface area contributed by atoms with E-state index in [9.17, 15) is 4.79 Å². The number of aromatic nitrogens is 2. The number of hydrogen-bond acceptors (Lipinski definition) is 7. The van der Waals surface area contributed by atoms with Gasteiger partial charge in [-0.05, 0) is 33.8 Å². The average Bonchev–Trinajstić information content (AvgIpc) is 2.97. The summed E-state index contributed by atoms with van der Waals surface area (Å²) in [5.74, 6) is 0.174. The van der Waals surface area contributed by atoms with Crippen LogP contribution < -0.4 is 11.4 Å². The Morgan fingerprint density at radius 3 is 2.79 bits per heavy atom. The maximum Gasteiger partial charge on any atom is 0.351 e. The van der Waals surface area contributed by atoms with Crippen molar-refractivity contribution in [2.75, 3.05) is 18.9 Å². The molecule has 2 bridgehead atoms. The van der Waals surface area contributed by atoms with Crippen molar-refractivity contribution in [1.82, 2.24) is 9.55 Å². The van der Waals surface area contributed by atoms with Gasteiger partial charge in [0, 0.05) is 6.20 Å². The molecule has 24 heavy (non-hydrogen) atoms. The maximum absolute atomic E-state index is 12.2. The van der Waals surface area contributed by atoms with Gasteiger partial charge in [0.05, 0.1) is 25.4 Å². The van der Waals surface area contributed by atoms with E-state index in [-0.39, 0.29) is 24.1 Å². The summed E-state index contributed by atoms with van der Waals surface area (Å²) in [6.45, 7) is 8.55. The minimum Gasteiger partial charge on any atom is -0.383 e. The first-order valence-corrected chi connectivity index (χ1v) is 8.23. The molecule has 0 aromatic carbocycles. The number of ether oxygens (including phenoxy) is 4. The van der Waals surface area contributed by atoms with Crippen LogP contribution in [-0.4, -0.2) is 52.8 Å². The van der Waals surface area contributed by atoms with E-state index in [1.54, 1.807) is 12.3 Å². The van der Waals surface area contributed by atoms with Gasteiger partial charge in [0.1, 0.15) is 23.6 Å². The average molecular weight is 339 g/mol. The van der Waals surface area contributed by atoms with Crippen LogP contribution in [0.25, 0.3) is 0 Å². The molecule has 0 spiro atoms. The van der Waals surface area contributed by atoms with Crippen LogP contribution in [-0.2, 0) is 18.9 Å². The van der Waals surface area contributed by atoms with Gasteiger partial charge in [-0.3, -0.25) is 4.57 Å². The van der Waals surface area contributed by atoms with Crippen molar-refractivity contribution in [2.24, 2.45) is 0 Å². The van der Waals surface area contributed by atoms with Crippen LogP contribution in [0.1, 0.15) is 33.9 Å². The van der Waals surface area contributed by atoms with E-state index in [4.69, 9.17) is 24.7 Å². The molecule has 8 heteroatoms. The summed E-state index contributed by atoms with van der Waals surface area (Å²) in [6.07, 6.45) is 0.307. The SMILES string of the molecule is CC(C)OC[C@]12CO[C@@H](C1OC(C)C)[C@H](n1ccc(N)nc1=O)O2. The number of nitrogen functional groups attached to an aromatic ring is 1. The Kier molecular flexibility index (Phi) is 4.65. The molecule has 1 aromatic heterocycles.